The van der Waals surface area contributed by atoms with E-state index in [0.29, 0.717) is 20.1 Å². The Kier molecular flexibility index (Phi) is 4.61. The summed E-state index contributed by atoms with van der Waals surface area (Å²) >= 11 is 15.0. The zero-order valence-corrected chi connectivity index (χ0v) is 12.7. The monoisotopic (exact) mass is 360 g/mol. The van der Waals surface area contributed by atoms with Crippen molar-refractivity contribution in [2.24, 2.45) is 0 Å². The SMILES string of the molecule is O=C(Cc1cc(Cl)ccc1Cl)c1c(F)cccc1Br. The molecule has 2 aromatic rings. The van der Waals surface area contributed by atoms with Gasteiger partial charge in [-0.1, -0.05) is 29.3 Å². The Hall–Kier alpha value is -0.900. The first-order valence-corrected chi connectivity index (χ1v) is 6.95. The predicted octanol–water partition coefficient (Wildman–Crippen LogP) is 5.32. The molecule has 1 nitrogen and oxygen atoms in total. The largest absolute Gasteiger partial charge is 0.294 e. The van der Waals surface area contributed by atoms with Gasteiger partial charge in [-0.05, 0) is 51.8 Å². The second-order valence-corrected chi connectivity index (χ2v) is 5.63. The molecule has 0 N–H and O–H groups in total. The number of Topliss-reactive ketones (excluding diaryl/α,β-unsaturated/α-hetero) is 1. The summed E-state index contributed by atoms with van der Waals surface area (Å²) in [6.07, 6.45) is -0.00106. The first kappa shape index (κ1) is 14.5. The molecule has 0 fully saturated rings. The van der Waals surface area contributed by atoms with Gasteiger partial charge in [-0.25, -0.2) is 4.39 Å². The molecule has 19 heavy (non-hydrogen) atoms. The molecular formula is C14H8BrCl2FO. The van der Waals surface area contributed by atoms with Crippen molar-refractivity contribution in [2.75, 3.05) is 0 Å². The van der Waals surface area contributed by atoms with Crippen LogP contribution in [0, 0.1) is 5.82 Å². The van der Waals surface area contributed by atoms with Crippen LogP contribution in [0.1, 0.15) is 15.9 Å². The van der Waals surface area contributed by atoms with Crippen molar-refractivity contribution in [1.29, 1.82) is 0 Å². The number of ketones is 1. The molecule has 0 spiro atoms. The van der Waals surface area contributed by atoms with Crippen molar-refractivity contribution >= 4 is 44.9 Å². The molecule has 2 rings (SSSR count). The van der Waals surface area contributed by atoms with Gasteiger partial charge in [0.1, 0.15) is 5.82 Å². The van der Waals surface area contributed by atoms with E-state index in [1.165, 1.54) is 12.1 Å². The van der Waals surface area contributed by atoms with Crippen molar-refractivity contribution in [3.63, 3.8) is 0 Å². The third-order valence-corrected chi connectivity index (χ3v) is 3.87. The van der Waals surface area contributed by atoms with Crippen LogP contribution in [-0.2, 0) is 6.42 Å². The zero-order valence-electron chi connectivity index (χ0n) is 9.59. The number of carbonyl (C=O) groups is 1. The van der Waals surface area contributed by atoms with Gasteiger partial charge in [-0.15, -0.1) is 0 Å². The molecule has 0 saturated carbocycles. The van der Waals surface area contributed by atoms with Crippen molar-refractivity contribution in [1.82, 2.24) is 0 Å². The van der Waals surface area contributed by atoms with E-state index in [1.54, 1.807) is 24.3 Å². The normalized spacial score (nSPS) is 10.5. The van der Waals surface area contributed by atoms with Gasteiger partial charge >= 0.3 is 0 Å². The molecule has 0 amide bonds. The fourth-order valence-corrected chi connectivity index (χ4v) is 2.65. The number of benzene rings is 2. The van der Waals surface area contributed by atoms with Gasteiger partial charge in [0.05, 0.1) is 5.56 Å². The lowest BCUT2D eigenvalue weighted by Crippen LogP contribution is -2.07. The molecular weight excluding hydrogens is 354 g/mol. The Morgan fingerprint density at radius 2 is 1.95 bits per heavy atom. The standard InChI is InChI=1S/C14H8BrCl2FO/c15-10-2-1-3-12(18)14(10)13(19)7-8-6-9(16)4-5-11(8)17/h1-6H,7H2. The van der Waals surface area contributed by atoms with Crippen LogP contribution in [0.3, 0.4) is 0 Å². The Morgan fingerprint density at radius 3 is 2.63 bits per heavy atom. The smallest absolute Gasteiger partial charge is 0.171 e. The molecule has 0 bridgehead atoms. The summed E-state index contributed by atoms with van der Waals surface area (Å²) in [6, 6.07) is 9.26. The Labute approximate surface area is 128 Å². The van der Waals surface area contributed by atoms with Gasteiger partial charge in [0, 0.05) is 20.9 Å². The van der Waals surface area contributed by atoms with Crippen molar-refractivity contribution in [3.8, 4) is 0 Å². The van der Waals surface area contributed by atoms with Crippen LogP contribution in [0.2, 0.25) is 10.0 Å². The molecule has 0 saturated heterocycles. The highest BCUT2D eigenvalue weighted by atomic mass is 79.9. The average molecular weight is 362 g/mol. The minimum absolute atomic E-state index is 0.00106. The van der Waals surface area contributed by atoms with Gasteiger partial charge in [-0.3, -0.25) is 4.79 Å². The summed E-state index contributed by atoms with van der Waals surface area (Å²) in [5.41, 5.74) is 0.605. The van der Waals surface area contributed by atoms with E-state index in [2.05, 4.69) is 15.9 Å². The van der Waals surface area contributed by atoms with Gasteiger partial charge in [0.15, 0.2) is 5.78 Å². The molecule has 98 valence electrons. The molecule has 5 heteroatoms. The number of halogens is 4. The van der Waals surface area contributed by atoms with Crippen LogP contribution < -0.4 is 0 Å². The van der Waals surface area contributed by atoms with Gasteiger partial charge < -0.3 is 0 Å². The molecule has 0 radical (unpaired) electrons. The number of hydrogen-bond acceptors (Lipinski definition) is 1. The average Bonchev–Trinajstić information content (AvgIpc) is 2.33. The van der Waals surface area contributed by atoms with Gasteiger partial charge in [0.25, 0.3) is 0 Å². The summed E-state index contributed by atoms with van der Waals surface area (Å²) in [5.74, 6) is -0.910. The highest BCUT2D eigenvalue weighted by molar-refractivity contribution is 9.10. The number of rotatable bonds is 3. The molecule has 0 unspecified atom stereocenters. The lowest BCUT2D eigenvalue weighted by atomic mass is 10.0. The van der Waals surface area contributed by atoms with Gasteiger partial charge in [-0.2, -0.15) is 0 Å². The molecule has 0 heterocycles. The lowest BCUT2D eigenvalue weighted by Gasteiger charge is -2.07. The summed E-state index contributed by atoms with van der Waals surface area (Å²) in [4.78, 5) is 12.1. The topological polar surface area (TPSA) is 17.1 Å². The van der Waals surface area contributed by atoms with Crippen LogP contribution in [0.4, 0.5) is 4.39 Å². The van der Waals surface area contributed by atoms with Crippen molar-refractivity contribution in [3.05, 3.63) is 67.9 Å². The second kappa shape index (κ2) is 6.04. The quantitative estimate of drug-likeness (QED) is 0.676. The summed E-state index contributed by atoms with van der Waals surface area (Å²) in [5, 5.41) is 0.921. The Balaban J connectivity index is 2.34. The summed E-state index contributed by atoms with van der Waals surface area (Å²) < 4.78 is 14.1. The van der Waals surface area contributed by atoms with Crippen LogP contribution in [0.15, 0.2) is 40.9 Å². The minimum Gasteiger partial charge on any atom is -0.294 e. The molecule has 0 aliphatic carbocycles. The van der Waals surface area contributed by atoms with Crippen LogP contribution in [0.5, 0.6) is 0 Å². The van der Waals surface area contributed by atoms with Gasteiger partial charge in [0.2, 0.25) is 0 Å². The second-order valence-electron chi connectivity index (χ2n) is 3.93. The summed E-state index contributed by atoms with van der Waals surface area (Å²) in [6.45, 7) is 0. The zero-order chi connectivity index (χ0) is 14.0. The molecule has 0 aliphatic heterocycles. The predicted molar refractivity (Wildman–Crippen MR) is 78.6 cm³/mol. The Bertz CT molecular complexity index is 623. The van der Waals surface area contributed by atoms with Crippen molar-refractivity contribution in [2.45, 2.75) is 6.42 Å². The molecule has 0 aromatic heterocycles. The highest BCUT2D eigenvalue weighted by Crippen LogP contribution is 2.25. The minimum atomic E-state index is -0.558. The van der Waals surface area contributed by atoms with Crippen LogP contribution in [0.25, 0.3) is 0 Å². The van der Waals surface area contributed by atoms with E-state index in [-0.39, 0.29) is 17.8 Å². The third-order valence-electron chi connectivity index (χ3n) is 2.60. The first-order chi connectivity index (χ1) is 8.99. The fourth-order valence-electron chi connectivity index (χ4n) is 1.70. The number of hydrogen-bond donors (Lipinski definition) is 0. The van der Waals surface area contributed by atoms with Crippen LogP contribution >= 0.6 is 39.1 Å². The third kappa shape index (κ3) is 3.35. The first-order valence-electron chi connectivity index (χ1n) is 5.40. The maximum atomic E-state index is 13.7. The lowest BCUT2D eigenvalue weighted by molar-refractivity contribution is 0.0988. The van der Waals surface area contributed by atoms with E-state index in [9.17, 15) is 9.18 Å². The van der Waals surface area contributed by atoms with E-state index >= 15 is 0 Å². The van der Waals surface area contributed by atoms with E-state index in [1.807, 2.05) is 0 Å². The van der Waals surface area contributed by atoms with Crippen LogP contribution in [-0.4, -0.2) is 5.78 Å². The van der Waals surface area contributed by atoms with E-state index in [4.69, 9.17) is 23.2 Å². The maximum Gasteiger partial charge on any atom is 0.171 e. The highest BCUT2D eigenvalue weighted by Gasteiger charge is 2.17. The molecule has 2 aromatic carbocycles. The number of carbonyl (C=O) groups excluding carboxylic acids is 1. The summed E-state index contributed by atoms with van der Waals surface area (Å²) in [7, 11) is 0. The fraction of sp³-hybridized carbons (Fsp3) is 0.0714. The van der Waals surface area contributed by atoms with E-state index in [0.717, 1.165) is 0 Å². The molecule has 0 aliphatic rings. The Morgan fingerprint density at radius 1 is 1.21 bits per heavy atom. The van der Waals surface area contributed by atoms with E-state index < -0.39 is 5.82 Å². The maximum absolute atomic E-state index is 13.7. The molecule has 0 atom stereocenters. The van der Waals surface area contributed by atoms with Crippen molar-refractivity contribution < 1.29 is 9.18 Å².